The van der Waals surface area contributed by atoms with Gasteiger partial charge in [0.1, 0.15) is 0 Å². The average molecular weight is 397 g/mol. The molecule has 2 aromatic rings. The Morgan fingerprint density at radius 3 is 2.21 bits per heavy atom. The fraction of sp³-hybridized carbons (Fsp3) is 0.417. The summed E-state index contributed by atoms with van der Waals surface area (Å²) < 4.78 is 0. The van der Waals surface area contributed by atoms with Crippen LogP contribution in [0.3, 0.4) is 0 Å². The molecule has 0 saturated carbocycles. The minimum absolute atomic E-state index is 0.0429. The first kappa shape index (κ1) is 22.6. The molecule has 29 heavy (non-hydrogen) atoms. The molecule has 0 radical (unpaired) electrons. The van der Waals surface area contributed by atoms with Gasteiger partial charge in [-0.15, -0.1) is 0 Å². The summed E-state index contributed by atoms with van der Waals surface area (Å²) in [4.78, 5) is 25.4. The molecule has 2 atom stereocenters. The van der Waals surface area contributed by atoms with Crippen LogP contribution in [-0.4, -0.2) is 29.6 Å². The third-order valence-corrected chi connectivity index (χ3v) is 5.08. The lowest BCUT2D eigenvalue weighted by atomic mass is 9.92. The maximum Gasteiger partial charge on any atom is 0.251 e. The fourth-order valence-corrected chi connectivity index (χ4v) is 3.29. The van der Waals surface area contributed by atoms with Crippen LogP contribution in [0.5, 0.6) is 0 Å². The Morgan fingerprint density at radius 2 is 1.66 bits per heavy atom. The van der Waals surface area contributed by atoms with Crippen molar-refractivity contribution in [1.82, 2.24) is 5.32 Å². The van der Waals surface area contributed by atoms with Gasteiger partial charge in [0.05, 0.1) is 6.61 Å². The number of amides is 2. The van der Waals surface area contributed by atoms with Gasteiger partial charge < -0.3 is 15.7 Å². The zero-order valence-electron chi connectivity index (χ0n) is 18.0. The normalized spacial score (nSPS) is 13.1. The Hall–Kier alpha value is -2.66. The minimum atomic E-state index is -0.353. The quantitative estimate of drug-likeness (QED) is 0.619. The highest BCUT2D eigenvalue weighted by Crippen LogP contribution is 2.27. The van der Waals surface area contributed by atoms with E-state index in [4.69, 9.17) is 0 Å². The molecule has 156 valence electrons. The standard InChI is InChI=1S/C24H32N2O3/c1-6-22(15(2)3)24(29)26-21-12-19(18-9-7-16(4)8-10-18)11-20(13-21)23(28)25-17(5)14-27/h7-13,15,17,22,27H,6,14H2,1-5H3,(H,25,28)(H,26,29). The number of aliphatic hydroxyl groups is 1. The molecule has 0 aliphatic carbocycles. The van der Waals surface area contributed by atoms with Crippen molar-refractivity contribution in [3.63, 3.8) is 0 Å². The van der Waals surface area contributed by atoms with Gasteiger partial charge in [0, 0.05) is 23.2 Å². The number of benzene rings is 2. The third-order valence-electron chi connectivity index (χ3n) is 5.08. The summed E-state index contributed by atoms with van der Waals surface area (Å²) in [6.07, 6.45) is 0.752. The number of carbonyl (C=O) groups is 2. The van der Waals surface area contributed by atoms with Crippen molar-refractivity contribution in [3.8, 4) is 11.1 Å². The second kappa shape index (κ2) is 10.2. The number of nitrogens with one attached hydrogen (secondary N) is 2. The minimum Gasteiger partial charge on any atom is -0.394 e. The number of anilines is 1. The Kier molecular flexibility index (Phi) is 7.97. The molecular weight excluding hydrogens is 364 g/mol. The van der Waals surface area contributed by atoms with E-state index in [-0.39, 0.29) is 36.3 Å². The van der Waals surface area contributed by atoms with E-state index in [1.54, 1.807) is 19.1 Å². The van der Waals surface area contributed by atoms with E-state index in [9.17, 15) is 14.7 Å². The van der Waals surface area contributed by atoms with Crippen LogP contribution in [-0.2, 0) is 4.79 Å². The van der Waals surface area contributed by atoms with E-state index in [1.807, 2.05) is 58.0 Å². The number of rotatable bonds is 8. The summed E-state index contributed by atoms with van der Waals surface area (Å²) in [6.45, 7) is 9.68. The Morgan fingerprint density at radius 1 is 1.00 bits per heavy atom. The second-order valence-electron chi connectivity index (χ2n) is 7.97. The SMILES string of the molecule is CCC(C(=O)Nc1cc(C(=O)NC(C)CO)cc(-c2ccc(C)cc2)c1)C(C)C. The summed E-state index contributed by atoms with van der Waals surface area (Å²) in [7, 11) is 0. The molecular formula is C24H32N2O3. The first-order valence-corrected chi connectivity index (χ1v) is 10.2. The first-order valence-electron chi connectivity index (χ1n) is 10.2. The first-order chi connectivity index (χ1) is 13.7. The second-order valence-corrected chi connectivity index (χ2v) is 7.97. The van der Waals surface area contributed by atoms with Crippen LogP contribution in [0.15, 0.2) is 42.5 Å². The lowest BCUT2D eigenvalue weighted by Crippen LogP contribution is -2.35. The molecule has 2 rings (SSSR count). The Labute approximate surface area is 173 Å². The molecule has 0 aliphatic heterocycles. The highest BCUT2D eigenvalue weighted by atomic mass is 16.3. The monoisotopic (exact) mass is 396 g/mol. The van der Waals surface area contributed by atoms with Crippen LogP contribution in [0, 0.1) is 18.8 Å². The van der Waals surface area contributed by atoms with Gasteiger partial charge in [-0.2, -0.15) is 0 Å². The predicted octanol–water partition coefficient (Wildman–Crippen LogP) is 4.39. The molecule has 5 nitrogen and oxygen atoms in total. The highest BCUT2D eigenvalue weighted by molar-refractivity contribution is 5.99. The van der Waals surface area contributed by atoms with Gasteiger partial charge >= 0.3 is 0 Å². The van der Waals surface area contributed by atoms with Crippen LogP contribution in [0.4, 0.5) is 5.69 Å². The molecule has 2 unspecified atom stereocenters. The summed E-state index contributed by atoms with van der Waals surface area (Å²) in [6, 6.07) is 13.0. The van der Waals surface area contributed by atoms with E-state index >= 15 is 0 Å². The zero-order chi connectivity index (χ0) is 21.6. The van der Waals surface area contributed by atoms with Gasteiger partial charge in [0.15, 0.2) is 0 Å². The van der Waals surface area contributed by atoms with Crippen molar-refractivity contribution in [2.75, 3.05) is 11.9 Å². The van der Waals surface area contributed by atoms with E-state index < -0.39 is 0 Å². The molecule has 0 bridgehead atoms. The molecule has 2 aromatic carbocycles. The van der Waals surface area contributed by atoms with Gasteiger partial charge in [-0.05, 0) is 55.5 Å². The van der Waals surface area contributed by atoms with Crippen molar-refractivity contribution in [3.05, 3.63) is 53.6 Å². The van der Waals surface area contributed by atoms with Crippen molar-refractivity contribution in [2.24, 2.45) is 11.8 Å². The van der Waals surface area contributed by atoms with Crippen LogP contribution in [0.25, 0.3) is 11.1 Å². The molecule has 2 amide bonds. The number of aliphatic hydroxyl groups excluding tert-OH is 1. The Balaban J connectivity index is 2.42. The van der Waals surface area contributed by atoms with E-state index in [1.165, 1.54) is 0 Å². The van der Waals surface area contributed by atoms with Gasteiger partial charge in [0.2, 0.25) is 5.91 Å². The number of hydrogen-bond acceptors (Lipinski definition) is 3. The van der Waals surface area contributed by atoms with Crippen molar-refractivity contribution in [1.29, 1.82) is 0 Å². The van der Waals surface area contributed by atoms with E-state index in [0.717, 1.165) is 23.1 Å². The van der Waals surface area contributed by atoms with Gasteiger partial charge in [-0.1, -0.05) is 50.6 Å². The molecule has 3 N–H and O–H groups in total. The topological polar surface area (TPSA) is 78.4 Å². The van der Waals surface area contributed by atoms with Crippen molar-refractivity contribution in [2.45, 2.75) is 47.1 Å². The summed E-state index contributed by atoms with van der Waals surface area (Å²) in [5.74, 6) is -0.191. The zero-order valence-corrected chi connectivity index (χ0v) is 18.0. The lowest BCUT2D eigenvalue weighted by Gasteiger charge is -2.19. The van der Waals surface area contributed by atoms with Crippen LogP contribution in [0.2, 0.25) is 0 Å². The molecule has 0 aliphatic rings. The fourth-order valence-electron chi connectivity index (χ4n) is 3.29. The maximum atomic E-state index is 12.7. The summed E-state index contributed by atoms with van der Waals surface area (Å²) in [5.41, 5.74) is 4.00. The lowest BCUT2D eigenvalue weighted by molar-refractivity contribution is -0.121. The smallest absolute Gasteiger partial charge is 0.251 e. The van der Waals surface area contributed by atoms with Crippen molar-refractivity contribution < 1.29 is 14.7 Å². The predicted molar refractivity (Wildman–Crippen MR) is 118 cm³/mol. The number of aryl methyl sites for hydroxylation is 1. The molecule has 0 spiro atoms. The van der Waals surface area contributed by atoms with Gasteiger partial charge in [-0.3, -0.25) is 9.59 Å². The molecule has 0 heterocycles. The summed E-state index contributed by atoms with van der Waals surface area (Å²) in [5, 5.41) is 15.0. The van der Waals surface area contributed by atoms with E-state index in [0.29, 0.717) is 11.3 Å². The van der Waals surface area contributed by atoms with Gasteiger partial charge in [0.25, 0.3) is 5.91 Å². The third kappa shape index (κ3) is 6.16. The van der Waals surface area contributed by atoms with Crippen LogP contribution >= 0.6 is 0 Å². The number of carbonyl (C=O) groups excluding carboxylic acids is 2. The highest BCUT2D eigenvalue weighted by Gasteiger charge is 2.21. The number of hydrogen-bond donors (Lipinski definition) is 3. The van der Waals surface area contributed by atoms with Gasteiger partial charge in [-0.25, -0.2) is 0 Å². The van der Waals surface area contributed by atoms with Crippen molar-refractivity contribution >= 4 is 17.5 Å². The van der Waals surface area contributed by atoms with Crippen LogP contribution < -0.4 is 10.6 Å². The molecule has 5 heteroatoms. The molecule has 0 fully saturated rings. The largest absolute Gasteiger partial charge is 0.394 e. The molecule has 0 aromatic heterocycles. The average Bonchev–Trinajstić information content (AvgIpc) is 2.68. The maximum absolute atomic E-state index is 12.7. The summed E-state index contributed by atoms with van der Waals surface area (Å²) >= 11 is 0. The van der Waals surface area contributed by atoms with E-state index in [2.05, 4.69) is 10.6 Å². The molecule has 0 saturated heterocycles. The Bertz CT molecular complexity index is 844. The van der Waals surface area contributed by atoms with Crippen LogP contribution in [0.1, 0.15) is 50.0 Å².